The third-order valence-corrected chi connectivity index (χ3v) is 3.76. The largest absolute Gasteiger partial charge is 0.389 e. The molecule has 3 N–H and O–H groups in total. The van der Waals surface area contributed by atoms with E-state index in [4.69, 9.17) is 18.0 Å². The molecule has 0 bridgehead atoms. The fourth-order valence-corrected chi connectivity index (χ4v) is 2.20. The predicted octanol–water partition coefficient (Wildman–Crippen LogP) is 3.06. The second-order valence-electron chi connectivity index (χ2n) is 5.08. The van der Waals surface area contributed by atoms with Crippen LogP contribution in [0.3, 0.4) is 0 Å². The maximum atomic E-state index is 13.7. The number of benzene rings is 1. The number of anilines is 1. The number of thiocarbonyl (C=S) groups is 1. The van der Waals surface area contributed by atoms with Crippen molar-refractivity contribution in [2.24, 2.45) is 11.1 Å². The Kier molecular flexibility index (Phi) is 3.33. The van der Waals surface area contributed by atoms with Gasteiger partial charge in [0.25, 0.3) is 0 Å². The van der Waals surface area contributed by atoms with Gasteiger partial charge in [-0.05, 0) is 36.5 Å². The van der Waals surface area contributed by atoms with Gasteiger partial charge in [-0.1, -0.05) is 25.6 Å². The molecule has 1 fully saturated rings. The first-order chi connectivity index (χ1) is 8.00. The van der Waals surface area contributed by atoms with Crippen LogP contribution >= 0.6 is 12.2 Å². The Morgan fingerprint density at radius 3 is 2.71 bits per heavy atom. The maximum Gasteiger partial charge on any atom is 0.146 e. The molecule has 0 saturated heterocycles. The molecule has 1 aliphatic carbocycles. The normalized spacial score (nSPS) is 17.3. The molecule has 0 aliphatic heterocycles. The Morgan fingerprint density at radius 2 is 2.24 bits per heavy atom. The fourth-order valence-electron chi connectivity index (χ4n) is 2.08. The summed E-state index contributed by atoms with van der Waals surface area (Å²) in [6.07, 6.45) is 3.71. The van der Waals surface area contributed by atoms with Gasteiger partial charge in [0.15, 0.2) is 0 Å². The van der Waals surface area contributed by atoms with E-state index in [1.54, 1.807) is 12.1 Å². The van der Waals surface area contributed by atoms with Crippen molar-refractivity contribution < 1.29 is 4.39 Å². The summed E-state index contributed by atoms with van der Waals surface area (Å²) in [6, 6.07) is 4.83. The molecule has 1 aromatic rings. The molecule has 0 spiro atoms. The SMILES string of the molecule is CC1(CNc2ccc(C(N)=S)cc2F)CCC1. The van der Waals surface area contributed by atoms with Crippen LogP contribution in [0.4, 0.5) is 10.1 Å². The lowest BCUT2D eigenvalue weighted by Gasteiger charge is -2.38. The summed E-state index contributed by atoms with van der Waals surface area (Å²) >= 11 is 4.81. The van der Waals surface area contributed by atoms with Gasteiger partial charge in [-0.15, -0.1) is 0 Å². The fraction of sp³-hybridized carbons (Fsp3) is 0.462. The molecule has 0 unspecified atom stereocenters. The minimum atomic E-state index is -0.293. The van der Waals surface area contributed by atoms with Gasteiger partial charge >= 0.3 is 0 Å². The quantitative estimate of drug-likeness (QED) is 0.809. The highest BCUT2D eigenvalue weighted by Gasteiger charge is 2.31. The lowest BCUT2D eigenvalue weighted by atomic mass is 9.70. The summed E-state index contributed by atoms with van der Waals surface area (Å²) < 4.78 is 13.7. The van der Waals surface area contributed by atoms with Gasteiger partial charge in [-0.25, -0.2) is 4.39 Å². The second kappa shape index (κ2) is 4.61. The van der Waals surface area contributed by atoms with Gasteiger partial charge in [0.2, 0.25) is 0 Å². The first kappa shape index (κ1) is 12.3. The van der Waals surface area contributed by atoms with Crippen LogP contribution in [-0.4, -0.2) is 11.5 Å². The summed E-state index contributed by atoms with van der Waals surface area (Å²) in [6.45, 7) is 3.04. The molecule has 0 radical (unpaired) electrons. The molecule has 2 nitrogen and oxygen atoms in total. The lowest BCUT2D eigenvalue weighted by Crippen LogP contribution is -2.33. The highest BCUT2D eigenvalue weighted by atomic mass is 32.1. The molecule has 1 aliphatic rings. The lowest BCUT2D eigenvalue weighted by molar-refractivity contribution is 0.180. The molecule has 0 heterocycles. The Balaban J connectivity index is 2.03. The Bertz CT molecular complexity index is 441. The molecule has 0 amide bonds. The van der Waals surface area contributed by atoms with E-state index in [0.29, 0.717) is 16.7 Å². The average molecular weight is 252 g/mol. The Labute approximate surface area is 106 Å². The first-order valence-electron chi connectivity index (χ1n) is 5.83. The van der Waals surface area contributed by atoms with Gasteiger partial charge in [-0.3, -0.25) is 0 Å². The van der Waals surface area contributed by atoms with E-state index >= 15 is 0 Å². The summed E-state index contributed by atoms with van der Waals surface area (Å²) in [7, 11) is 0. The van der Waals surface area contributed by atoms with E-state index in [1.165, 1.54) is 25.3 Å². The van der Waals surface area contributed by atoms with Crippen molar-refractivity contribution in [1.82, 2.24) is 0 Å². The molecule has 17 heavy (non-hydrogen) atoms. The predicted molar refractivity (Wildman–Crippen MR) is 72.7 cm³/mol. The first-order valence-corrected chi connectivity index (χ1v) is 6.24. The summed E-state index contributed by atoms with van der Waals surface area (Å²) in [5, 5.41) is 3.16. The van der Waals surface area contributed by atoms with Crippen molar-refractivity contribution in [3.63, 3.8) is 0 Å². The van der Waals surface area contributed by atoms with Crippen molar-refractivity contribution in [2.75, 3.05) is 11.9 Å². The van der Waals surface area contributed by atoms with Crippen LogP contribution in [0.5, 0.6) is 0 Å². The van der Waals surface area contributed by atoms with Crippen LogP contribution in [-0.2, 0) is 0 Å². The van der Waals surface area contributed by atoms with Crippen molar-refractivity contribution in [2.45, 2.75) is 26.2 Å². The topological polar surface area (TPSA) is 38.0 Å². The van der Waals surface area contributed by atoms with Crippen LogP contribution in [0.25, 0.3) is 0 Å². The molecule has 2 rings (SSSR count). The van der Waals surface area contributed by atoms with E-state index in [-0.39, 0.29) is 10.8 Å². The Hall–Kier alpha value is -1.16. The van der Waals surface area contributed by atoms with E-state index in [1.807, 2.05) is 0 Å². The van der Waals surface area contributed by atoms with Crippen LogP contribution < -0.4 is 11.1 Å². The van der Waals surface area contributed by atoms with Gasteiger partial charge in [-0.2, -0.15) is 0 Å². The minimum Gasteiger partial charge on any atom is -0.389 e. The van der Waals surface area contributed by atoms with E-state index in [2.05, 4.69) is 12.2 Å². The second-order valence-corrected chi connectivity index (χ2v) is 5.52. The summed E-state index contributed by atoms with van der Waals surface area (Å²) in [5.41, 5.74) is 6.87. The zero-order valence-corrected chi connectivity index (χ0v) is 10.7. The maximum absolute atomic E-state index is 13.7. The number of hydrogen-bond acceptors (Lipinski definition) is 2. The van der Waals surface area contributed by atoms with Crippen molar-refractivity contribution in [3.8, 4) is 0 Å². The standard InChI is InChI=1S/C13H17FN2S/c1-13(5-2-6-13)8-16-11-4-3-9(12(15)17)7-10(11)14/h3-4,7,16H,2,5-6,8H2,1H3,(H2,15,17). The van der Waals surface area contributed by atoms with Gasteiger partial charge in [0, 0.05) is 12.1 Å². The molecular formula is C13H17FN2S. The number of halogens is 1. The van der Waals surface area contributed by atoms with Crippen LogP contribution in [0, 0.1) is 11.2 Å². The van der Waals surface area contributed by atoms with E-state index in [9.17, 15) is 4.39 Å². The number of rotatable bonds is 4. The number of nitrogens with two attached hydrogens (primary N) is 1. The van der Waals surface area contributed by atoms with Crippen LogP contribution in [0.1, 0.15) is 31.7 Å². The van der Waals surface area contributed by atoms with Crippen LogP contribution in [0.2, 0.25) is 0 Å². The zero-order valence-electron chi connectivity index (χ0n) is 9.92. The zero-order chi connectivity index (χ0) is 12.5. The molecule has 1 saturated carbocycles. The number of hydrogen-bond donors (Lipinski definition) is 2. The van der Waals surface area contributed by atoms with Crippen molar-refractivity contribution in [3.05, 3.63) is 29.6 Å². The third-order valence-electron chi connectivity index (χ3n) is 3.52. The van der Waals surface area contributed by atoms with Gasteiger partial charge in [0.1, 0.15) is 10.8 Å². The van der Waals surface area contributed by atoms with E-state index < -0.39 is 0 Å². The molecule has 0 aromatic heterocycles. The van der Waals surface area contributed by atoms with Gasteiger partial charge < -0.3 is 11.1 Å². The van der Waals surface area contributed by atoms with Crippen molar-refractivity contribution >= 4 is 22.9 Å². The molecular weight excluding hydrogens is 235 g/mol. The smallest absolute Gasteiger partial charge is 0.146 e. The Morgan fingerprint density at radius 1 is 1.53 bits per heavy atom. The molecule has 92 valence electrons. The van der Waals surface area contributed by atoms with E-state index in [0.717, 1.165) is 6.54 Å². The summed E-state index contributed by atoms with van der Waals surface area (Å²) in [5.74, 6) is -0.293. The average Bonchev–Trinajstić information content (AvgIpc) is 2.24. The highest BCUT2D eigenvalue weighted by Crippen LogP contribution is 2.40. The number of nitrogens with one attached hydrogen (secondary N) is 1. The molecule has 4 heteroatoms. The minimum absolute atomic E-state index is 0.224. The monoisotopic (exact) mass is 252 g/mol. The molecule has 1 aromatic carbocycles. The summed E-state index contributed by atoms with van der Waals surface area (Å²) in [4.78, 5) is 0.224. The van der Waals surface area contributed by atoms with Gasteiger partial charge in [0.05, 0.1) is 5.69 Å². The molecule has 0 atom stereocenters. The van der Waals surface area contributed by atoms with Crippen molar-refractivity contribution in [1.29, 1.82) is 0 Å². The highest BCUT2D eigenvalue weighted by molar-refractivity contribution is 7.80. The van der Waals surface area contributed by atoms with Crippen LogP contribution in [0.15, 0.2) is 18.2 Å². The third kappa shape index (κ3) is 2.75.